The highest BCUT2D eigenvalue weighted by molar-refractivity contribution is 7.17. The van der Waals surface area contributed by atoms with E-state index in [4.69, 9.17) is 5.73 Å². The van der Waals surface area contributed by atoms with Gasteiger partial charge >= 0.3 is 0 Å². The Morgan fingerprint density at radius 1 is 1.27 bits per heavy atom. The second-order valence-corrected chi connectivity index (χ2v) is 5.37. The molecule has 0 radical (unpaired) electrons. The summed E-state index contributed by atoms with van der Waals surface area (Å²) >= 11 is 1.85. The average Bonchev–Trinajstić information content (AvgIpc) is 2.67. The Hall–Kier alpha value is -0.860. The van der Waals surface area contributed by atoms with Crippen LogP contribution in [0.25, 0.3) is 10.1 Å². The lowest BCUT2D eigenvalue weighted by Gasteiger charge is -2.33. The molecule has 1 nitrogen and oxygen atoms in total. The molecule has 1 aromatic carbocycles. The molecule has 2 atom stereocenters. The minimum atomic E-state index is 0.448. The number of nitrogens with two attached hydrogens (primary N) is 1. The third-order valence-corrected chi connectivity index (χ3v) is 4.53. The third-order valence-electron chi connectivity index (χ3n) is 3.52. The summed E-state index contributed by atoms with van der Waals surface area (Å²) in [6.45, 7) is 0. The molecule has 0 spiro atoms. The molecule has 1 aliphatic carbocycles. The molecular weight excluding hydrogens is 202 g/mol. The largest absolute Gasteiger partial charge is 0.327 e. The summed E-state index contributed by atoms with van der Waals surface area (Å²) in [4.78, 5) is 0. The first kappa shape index (κ1) is 9.37. The summed E-state index contributed by atoms with van der Waals surface area (Å²) in [6.07, 6.45) is 3.70. The molecule has 2 aromatic rings. The van der Waals surface area contributed by atoms with E-state index in [2.05, 4.69) is 29.6 Å². The average molecular weight is 217 g/mol. The maximum Gasteiger partial charge on any atom is 0.0345 e. The van der Waals surface area contributed by atoms with E-state index in [1.54, 1.807) is 0 Å². The van der Waals surface area contributed by atoms with Crippen molar-refractivity contribution in [1.29, 1.82) is 0 Å². The van der Waals surface area contributed by atoms with E-state index in [1.807, 2.05) is 11.3 Å². The molecule has 1 aromatic heterocycles. The van der Waals surface area contributed by atoms with Gasteiger partial charge in [0.25, 0.3) is 0 Å². The van der Waals surface area contributed by atoms with Gasteiger partial charge in [-0.3, -0.25) is 0 Å². The summed E-state index contributed by atoms with van der Waals surface area (Å²) in [7, 11) is 0. The summed E-state index contributed by atoms with van der Waals surface area (Å²) in [6, 6.07) is 9.11. The van der Waals surface area contributed by atoms with Crippen LogP contribution in [0.3, 0.4) is 0 Å². The Labute approximate surface area is 93.9 Å². The Kier molecular flexibility index (Phi) is 2.26. The van der Waals surface area contributed by atoms with Crippen LogP contribution in [0.5, 0.6) is 0 Å². The van der Waals surface area contributed by atoms with Gasteiger partial charge in [-0.1, -0.05) is 18.2 Å². The van der Waals surface area contributed by atoms with Crippen LogP contribution in [0, 0.1) is 5.92 Å². The van der Waals surface area contributed by atoms with Gasteiger partial charge in [0.1, 0.15) is 0 Å². The van der Waals surface area contributed by atoms with Gasteiger partial charge in [0.15, 0.2) is 0 Å². The normalized spacial score (nSPS) is 25.4. The number of rotatable bonds is 2. The fourth-order valence-corrected chi connectivity index (χ4v) is 3.30. The molecule has 3 rings (SSSR count). The molecule has 2 N–H and O–H groups in total. The van der Waals surface area contributed by atoms with E-state index in [-0.39, 0.29) is 0 Å². The van der Waals surface area contributed by atoms with E-state index in [1.165, 1.54) is 34.9 Å². The van der Waals surface area contributed by atoms with E-state index < -0.39 is 0 Å². The Bertz CT molecular complexity index is 474. The predicted molar refractivity (Wildman–Crippen MR) is 66.2 cm³/mol. The Morgan fingerprint density at radius 3 is 2.87 bits per heavy atom. The second kappa shape index (κ2) is 3.62. The highest BCUT2D eigenvalue weighted by atomic mass is 32.1. The molecule has 78 valence electrons. The van der Waals surface area contributed by atoms with E-state index >= 15 is 0 Å². The van der Waals surface area contributed by atoms with Crippen LogP contribution in [-0.4, -0.2) is 6.04 Å². The molecule has 1 fully saturated rings. The third kappa shape index (κ3) is 1.58. The molecule has 0 bridgehead atoms. The molecule has 2 unspecified atom stereocenters. The maximum absolute atomic E-state index is 5.99. The summed E-state index contributed by atoms with van der Waals surface area (Å²) in [5.41, 5.74) is 7.48. The van der Waals surface area contributed by atoms with Crippen LogP contribution >= 0.6 is 11.3 Å². The Morgan fingerprint density at radius 2 is 2.13 bits per heavy atom. The van der Waals surface area contributed by atoms with Gasteiger partial charge in [0.2, 0.25) is 0 Å². The van der Waals surface area contributed by atoms with Crippen molar-refractivity contribution in [1.82, 2.24) is 0 Å². The summed E-state index contributed by atoms with van der Waals surface area (Å²) in [5.74, 6) is 0.725. The molecular formula is C13H15NS. The number of hydrogen-bond donors (Lipinski definition) is 1. The molecule has 0 amide bonds. The van der Waals surface area contributed by atoms with Crippen LogP contribution in [-0.2, 0) is 6.42 Å². The fourth-order valence-electron chi connectivity index (χ4n) is 2.32. The van der Waals surface area contributed by atoms with Gasteiger partial charge in [0, 0.05) is 10.7 Å². The lowest BCUT2D eigenvalue weighted by Crippen LogP contribution is -2.40. The van der Waals surface area contributed by atoms with Crippen LogP contribution < -0.4 is 5.73 Å². The smallest absolute Gasteiger partial charge is 0.0345 e. The van der Waals surface area contributed by atoms with Crippen molar-refractivity contribution in [2.45, 2.75) is 25.3 Å². The lowest BCUT2D eigenvalue weighted by atomic mass is 9.76. The fraction of sp³-hybridized carbons (Fsp3) is 0.385. The van der Waals surface area contributed by atoms with Crippen molar-refractivity contribution in [3.8, 4) is 0 Å². The molecule has 0 saturated heterocycles. The minimum absolute atomic E-state index is 0.448. The van der Waals surface area contributed by atoms with Crippen LogP contribution in [0.1, 0.15) is 18.4 Å². The van der Waals surface area contributed by atoms with Gasteiger partial charge in [-0.25, -0.2) is 0 Å². The highest BCUT2D eigenvalue weighted by Crippen LogP contribution is 2.33. The summed E-state index contributed by atoms with van der Waals surface area (Å²) in [5, 5.41) is 3.73. The van der Waals surface area contributed by atoms with E-state index in [0.717, 1.165) is 5.92 Å². The first-order chi connectivity index (χ1) is 7.34. The highest BCUT2D eigenvalue weighted by Gasteiger charge is 2.27. The zero-order chi connectivity index (χ0) is 10.3. The minimum Gasteiger partial charge on any atom is -0.327 e. The van der Waals surface area contributed by atoms with Gasteiger partial charge in [0.05, 0.1) is 0 Å². The Balaban J connectivity index is 1.91. The zero-order valence-electron chi connectivity index (χ0n) is 8.65. The number of hydrogen-bond acceptors (Lipinski definition) is 2. The van der Waals surface area contributed by atoms with Gasteiger partial charge < -0.3 is 5.73 Å². The summed E-state index contributed by atoms with van der Waals surface area (Å²) < 4.78 is 1.40. The van der Waals surface area contributed by atoms with Crippen molar-refractivity contribution in [3.63, 3.8) is 0 Å². The van der Waals surface area contributed by atoms with E-state index in [9.17, 15) is 0 Å². The lowest BCUT2D eigenvalue weighted by molar-refractivity contribution is 0.256. The van der Waals surface area contributed by atoms with Crippen molar-refractivity contribution in [3.05, 3.63) is 35.2 Å². The van der Waals surface area contributed by atoms with Crippen LogP contribution in [0.4, 0.5) is 0 Å². The zero-order valence-corrected chi connectivity index (χ0v) is 9.46. The van der Waals surface area contributed by atoms with E-state index in [0.29, 0.717) is 6.04 Å². The van der Waals surface area contributed by atoms with Crippen molar-refractivity contribution in [2.75, 3.05) is 0 Å². The first-order valence-corrected chi connectivity index (χ1v) is 6.43. The van der Waals surface area contributed by atoms with Crippen LogP contribution in [0.15, 0.2) is 29.6 Å². The van der Waals surface area contributed by atoms with Crippen molar-refractivity contribution < 1.29 is 0 Å². The van der Waals surface area contributed by atoms with Gasteiger partial charge in [-0.2, -0.15) is 0 Å². The standard InChI is InChI=1S/C13H15NS/c14-12-6-5-9(12)7-10-8-15-13-4-2-1-3-11(10)13/h1-4,8-9,12H,5-7,14H2. The quantitative estimate of drug-likeness (QED) is 0.821. The molecule has 2 heteroatoms. The molecule has 1 heterocycles. The second-order valence-electron chi connectivity index (χ2n) is 4.46. The van der Waals surface area contributed by atoms with Crippen molar-refractivity contribution in [2.24, 2.45) is 11.7 Å². The van der Waals surface area contributed by atoms with Gasteiger partial charge in [-0.05, 0) is 47.6 Å². The van der Waals surface area contributed by atoms with Crippen LogP contribution in [0.2, 0.25) is 0 Å². The molecule has 15 heavy (non-hydrogen) atoms. The number of thiophene rings is 1. The molecule has 1 aliphatic rings. The monoisotopic (exact) mass is 217 g/mol. The number of fused-ring (bicyclic) bond motifs is 1. The molecule has 0 aliphatic heterocycles. The first-order valence-electron chi connectivity index (χ1n) is 5.55. The molecule has 1 saturated carbocycles. The van der Waals surface area contributed by atoms with Gasteiger partial charge in [-0.15, -0.1) is 11.3 Å². The maximum atomic E-state index is 5.99. The topological polar surface area (TPSA) is 26.0 Å². The number of benzene rings is 1. The van der Waals surface area contributed by atoms with Crippen molar-refractivity contribution >= 4 is 21.4 Å². The predicted octanol–water partition coefficient (Wildman–Crippen LogP) is 3.18. The SMILES string of the molecule is NC1CCC1Cc1csc2ccccc12.